The first-order valence-electron chi connectivity index (χ1n) is 10.8. The minimum atomic E-state index is -1.03. The molecule has 1 fully saturated rings. The van der Waals surface area contributed by atoms with Crippen LogP contribution in [0.3, 0.4) is 0 Å². The number of carbonyl (C=O) groups excluding carboxylic acids is 4. The van der Waals surface area contributed by atoms with Gasteiger partial charge in [0.2, 0.25) is 5.91 Å². The number of unbranched alkanes of at least 4 members (excludes halogenated alkanes) is 5. The molecule has 178 valence electrons. The third-order valence-electron chi connectivity index (χ3n) is 4.54. The van der Waals surface area contributed by atoms with Gasteiger partial charge in [-0.25, -0.2) is 0 Å². The molecule has 0 radical (unpaired) electrons. The van der Waals surface area contributed by atoms with E-state index in [2.05, 4.69) is 12.2 Å². The van der Waals surface area contributed by atoms with Crippen LogP contribution in [-0.4, -0.2) is 66.5 Å². The molecule has 0 saturated carbocycles. The van der Waals surface area contributed by atoms with Gasteiger partial charge in [0, 0.05) is 27.3 Å². The predicted molar refractivity (Wildman–Crippen MR) is 115 cm³/mol. The first kappa shape index (κ1) is 27.2. The lowest BCUT2D eigenvalue weighted by molar-refractivity contribution is -0.213. The molecule has 1 heterocycles. The van der Waals surface area contributed by atoms with Crippen molar-refractivity contribution in [2.75, 3.05) is 18.9 Å². The lowest BCUT2D eigenvalue weighted by Crippen LogP contribution is -2.56. The van der Waals surface area contributed by atoms with Crippen LogP contribution in [0.4, 0.5) is 0 Å². The third-order valence-corrected chi connectivity index (χ3v) is 5.70. The zero-order valence-electron chi connectivity index (χ0n) is 18.8. The Morgan fingerprint density at radius 3 is 2.06 bits per heavy atom. The van der Waals surface area contributed by atoms with Gasteiger partial charge in [-0.3, -0.25) is 19.2 Å². The molecule has 1 N–H and O–H groups in total. The van der Waals surface area contributed by atoms with E-state index in [1.807, 2.05) is 0 Å². The van der Waals surface area contributed by atoms with Crippen LogP contribution < -0.4 is 5.32 Å². The van der Waals surface area contributed by atoms with E-state index in [1.165, 1.54) is 46.5 Å². The number of thioether (sulfide) groups is 1. The summed E-state index contributed by atoms with van der Waals surface area (Å²) in [5.74, 6) is -1.86. The maximum atomic E-state index is 12.2. The molecule has 0 aromatic rings. The number of ether oxygens (including phenoxy) is 4. The summed E-state index contributed by atoms with van der Waals surface area (Å²) < 4.78 is 21.5. The van der Waals surface area contributed by atoms with Crippen molar-refractivity contribution in [3.8, 4) is 0 Å². The van der Waals surface area contributed by atoms with E-state index in [4.69, 9.17) is 18.9 Å². The van der Waals surface area contributed by atoms with Crippen LogP contribution in [0.5, 0.6) is 0 Å². The SMILES string of the molecule is CCCCCCCCNC(=O)CS[C@@H]1OC[C@@H](OC(C)=O)[C@@H](OC(C)=O)[C@@H]1OC(C)=O. The molecule has 0 spiro atoms. The van der Waals surface area contributed by atoms with Crippen LogP contribution in [-0.2, 0) is 38.1 Å². The van der Waals surface area contributed by atoms with Crippen molar-refractivity contribution in [3.63, 3.8) is 0 Å². The minimum absolute atomic E-state index is 0.0493. The van der Waals surface area contributed by atoms with E-state index in [0.717, 1.165) is 24.6 Å². The summed E-state index contributed by atoms with van der Waals surface area (Å²) in [4.78, 5) is 46.7. The molecule has 10 heteroatoms. The summed E-state index contributed by atoms with van der Waals surface area (Å²) in [6.07, 6.45) is 3.87. The van der Waals surface area contributed by atoms with E-state index in [9.17, 15) is 19.2 Å². The molecule has 1 amide bonds. The van der Waals surface area contributed by atoms with E-state index < -0.39 is 41.7 Å². The van der Waals surface area contributed by atoms with Crippen LogP contribution in [0.25, 0.3) is 0 Å². The number of hydrogen-bond donors (Lipinski definition) is 1. The van der Waals surface area contributed by atoms with Gasteiger partial charge < -0.3 is 24.3 Å². The van der Waals surface area contributed by atoms with Crippen LogP contribution in [0.2, 0.25) is 0 Å². The number of amides is 1. The zero-order valence-corrected chi connectivity index (χ0v) is 19.7. The fourth-order valence-electron chi connectivity index (χ4n) is 3.19. The fourth-order valence-corrected chi connectivity index (χ4v) is 4.19. The van der Waals surface area contributed by atoms with Crippen molar-refractivity contribution in [1.29, 1.82) is 0 Å². The molecule has 0 aromatic carbocycles. The van der Waals surface area contributed by atoms with Gasteiger partial charge in [0.25, 0.3) is 0 Å². The van der Waals surface area contributed by atoms with Gasteiger partial charge in [0.15, 0.2) is 18.3 Å². The highest BCUT2D eigenvalue weighted by Crippen LogP contribution is 2.30. The topological polar surface area (TPSA) is 117 Å². The highest BCUT2D eigenvalue weighted by molar-refractivity contribution is 8.00. The Labute approximate surface area is 188 Å². The molecule has 0 aromatic heterocycles. The summed E-state index contributed by atoms with van der Waals surface area (Å²) in [5.41, 5.74) is -0.750. The highest BCUT2D eigenvalue weighted by Gasteiger charge is 2.47. The second-order valence-electron chi connectivity index (χ2n) is 7.43. The van der Waals surface area contributed by atoms with Crippen LogP contribution in [0, 0.1) is 0 Å². The smallest absolute Gasteiger partial charge is 0.303 e. The summed E-state index contributed by atoms with van der Waals surface area (Å²) in [6.45, 7) is 6.38. The molecule has 1 aliphatic heterocycles. The quantitative estimate of drug-likeness (QED) is 0.250. The predicted octanol–water partition coefficient (Wildman–Crippen LogP) is 2.35. The molecular weight excluding hydrogens is 426 g/mol. The lowest BCUT2D eigenvalue weighted by Gasteiger charge is -2.40. The first-order valence-corrected chi connectivity index (χ1v) is 11.8. The Morgan fingerprint density at radius 1 is 0.871 bits per heavy atom. The molecule has 0 unspecified atom stereocenters. The summed E-state index contributed by atoms with van der Waals surface area (Å²) in [6, 6.07) is 0. The number of carbonyl (C=O) groups is 4. The van der Waals surface area contributed by atoms with Crippen LogP contribution in [0.15, 0.2) is 0 Å². The molecule has 0 bridgehead atoms. The number of esters is 3. The van der Waals surface area contributed by atoms with Gasteiger partial charge in [-0.05, 0) is 6.42 Å². The number of nitrogens with one attached hydrogen (secondary N) is 1. The Balaban J connectivity index is 2.59. The van der Waals surface area contributed by atoms with Crippen LogP contribution in [0.1, 0.15) is 66.2 Å². The van der Waals surface area contributed by atoms with Crippen molar-refractivity contribution >= 4 is 35.6 Å². The van der Waals surface area contributed by atoms with E-state index >= 15 is 0 Å². The zero-order chi connectivity index (χ0) is 23.2. The molecule has 31 heavy (non-hydrogen) atoms. The monoisotopic (exact) mass is 461 g/mol. The van der Waals surface area contributed by atoms with E-state index in [0.29, 0.717) is 6.54 Å². The molecule has 4 atom stereocenters. The van der Waals surface area contributed by atoms with Gasteiger partial charge >= 0.3 is 17.9 Å². The van der Waals surface area contributed by atoms with Crippen molar-refractivity contribution < 1.29 is 38.1 Å². The van der Waals surface area contributed by atoms with Gasteiger partial charge in [-0.2, -0.15) is 0 Å². The van der Waals surface area contributed by atoms with Gasteiger partial charge in [0.1, 0.15) is 5.44 Å². The Kier molecular flexibility index (Phi) is 13.2. The third kappa shape index (κ3) is 11.4. The van der Waals surface area contributed by atoms with E-state index in [-0.39, 0.29) is 18.3 Å². The van der Waals surface area contributed by atoms with Crippen molar-refractivity contribution in [2.24, 2.45) is 0 Å². The second kappa shape index (κ2) is 15.1. The normalized spacial score (nSPS) is 23.0. The van der Waals surface area contributed by atoms with Crippen LogP contribution >= 0.6 is 11.8 Å². The van der Waals surface area contributed by atoms with Gasteiger partial charge in [0.05, 0.1) is 12.4 Å². The molecule has 1 saturated heterocycles. The Morgan fingerprint density at radius 2 is 1.45 bits per heavy atom. The minimum Gasteiger partial charge on any atom is -0.456 e. The Bertz CT molecular complexity index is 600. The Hall–Kier alpha value is -1.81. The van der Waals surface area contributed by atoms with Gasteiger partial charge in [-0.15, -0.1) is 11.8 Å². The average molecular weight is 462 g/mol. The lowest BCUT2D eigenvalue weighted by atomic mass is 10.1. The maximum Gasteiger partial charge on any atom is 0.303 e. The first-order chi connectivity index (χ1) is 14.7. The fraction of sp³-hybridized carbons (Fsp3) is 0.810. The molecule has 0 aliphatic carbocycles. The molecule has 9 nitrogen and oxygen atoms in total. The average Bonchev–Trinajstić information content (AvgIpc) is 2.68. The largest absolute Gasteiger partial charge is 0.456 e. The summed E-state index contributed by atoms with van der Waals surface area (Å²) >= 11 is 1.14. The van der Waals surface area contributed by atoms with Crippen molar-refractivity contribution in [3.05, 3.63) is 0 Å². The highest BCUT2D eigenvalue weighted by atomic mass is 32.2. The standard InChI is InChI=1S/C21H35NO8S/c1-5-6-7-8-9-10-11-22-18(26)13-31-21-20(30-16(4)25)19(29-15(3)24)17(12-27-21)28-14(2)23/h17,19-21H,5-13H2,1-4H3,(H,22,26)/t17-,19-,20+,21+/m1/s1. The molecular formula is C21H35NO8S. The second-order valence-corrected chi connectivity index (χ2v) is 8.51. The van der Waals surface area contributed by atoms with Crippen molar-refractivity contribution in [2.45, 2.75) is 90.0 Å². The summed E-state index contributed by atoms with van der Waals surface area (Å²) in [7, 11) is 0. The maximum absolute atomic E-state index is 12.2. The van der Waals surface area contributed by atoms with E-state index in [1.54, 1.807) is 0 Å². The number of hydrogen-bond acceptors (Lipinski definition) is 9. The van der Waals surface area contributed by atoms with Crippen molar-refractivity contribution in [1.82, 2.24) is 5.32 Å². The van der Waals surface area contributed by atoms with Gasteiger partial charge in [-0.1, -0.05) is 39.0 Å². The molecule has 1 aliphatic rings. The summed E-state index contributed by atoms with van der Waals surface area (Å²) in [5, 5.41) is 2.87. The number of rotatable bonds is 13. The molecule has 1 rings (SSSR count).